The zero-order valence-electron chi connectivity index (χ0n) is 13.7. The Bertz CT molecular complexity index is 833. The molecule has 4 rings (SSSR count). The van der Waals surface area contributed by atoms with Gasteiger partial charge in [0.2, 0.25) is 5.91 Å². The van der Waals surface area contributed by atoms with Crippen molar-refractivity contribution in [3.63, 3.8) is 0 Å². The molecule has 1 atom stereocenters. The van der Waals surface area contributed by atoms with Crippen molar-refractivity contribution in [2.75, 3.05) is 13.1 Å². The number of carbonyl (C=O) groups is 2. The second-order valence-electron chi connectivity index (χ2n) is 6.65. The van der Waals surface area contributed by atoms with Gasteiger partial charge in [0.25, 0.3) is 0 Å². The Balaban J connectivity index is 1.54. The highest BCUT2D eigenvalue weighted by Crippen LogP contribution is 2.42. The molecular formula is C20H18BrNO3. The maximum absolute atomic E-state index is 12.8. The number of esters is 1. The second-order valence-corrected chi connectivity index (χ2v) is 7.57. The van der Waals surface area contributed by atoms with Crippen LogP contribution in [0.3, 0.4) is 0 Å². The third kappa shape index (κ3) is 2.97. The summed E-state index contributed by atoms with van der Waals surface area (Å²) in [6, 6.07) is 15.3. The average Bonchev–Trinajstić information content (AvgIpc) is 2.89. The number of likely N-dealkylation sites (tertiary alicyclic amines) is 1. The molecule has 1 fully saturated rings. The number of carbonyl (C=O) groups excluding carboxylic acids is 2. The van der Waals surface area contributed by atoms with E-state index in [9.17, 15) is 9.59 Å². The number of amides is 1. The number of benzene rings is 2. The van der Waals surface area contributed by atoms with Gasteiger partial charge in [-0.15, -0.1) is 0 Å². The van der Waals surface area contributed by atoms with Gasteiger partial charge in [-0.05, 0) is 36.6 Å². The van der Waals surface area contributed by atoms with Crippen molar-refractivity contribution >= 4 is 27.8 Å². The zero-order chi connectivity index (χ0) is 17.4. The molecule has 1 amide bonds. The lowest BCUT2D eigenvalue weighted by Crippen LogP contribution is -2.49. The van der Waals surface area contributed by atoms with Crippen molar-refractivity contribution in [2.45, 2.75) is 24.9 Å². The van der Waals surface area contributed by atoms with E-state index in [1.54, 1.807) is 6.07 Å². The Morgan fingerprint density at radius 1 is 1.16 bits per heavy atom. The van der Waals surface area contributed by atoms with Crippen LogP contribution in [0.1, 0.15) is 34.3 Å². The van der Waals surface area contributed by atoms with Gasteiger partial charge in [0.15, 0.2) is 5.60 Å². The first-order valence-corrected chi connectivity index (χ1v) is 9.22. The molecule has 2 aromatic rings. The van der Waals surface area contributed by atoms with Crippen molar-refractivity contribution in [1.29, 1.82) is 0 Å². The molecule has 128 valence electrons. The van der Waals surface area contributed by atoms with Gasteiger partial charge in [-0.2, -0.15) is 0 Å². The Hall–Kier alpha value is -2.14. The Kier molecular flexibility index (Phi) is 4.12. The topological polar surface area (TPSA) is 46.6 Å². The quantitative estimate of drug-likeness (QED) is 0.723. The minimum absolute atomic E-state index is 0.0711. The fourth-order valence-electron chi connectivity index (χ4n) is 3.77. The molecule has 5 heteroatoms. The highest BCUT2D eigenvalue weighted by Gasteiger charge is 2.48. The molecule has 0 N–H and O–H groups in total. The van der Waals surface area contributed by atoms with Crippen LogP contribution in [-0.4, -0.2) is 29.9 Å². The van der Waals surface area contributed by atoms with Gasteiger partial charge in [0, 0.05) is 16.6 Å². The van der Waals surface area contributed by atoms with Crippen LogP contribution in [0.5, 0.6) is 0 Å². The minimum Gasteiger partial charge on any atom is -0.449 e. The molecule has 0 aromatic heterocycles. The smallest absolute Gasteiger partial charge is 0.339 e. The number of fused-ring (bicyclic) bond motifs is 2. The number of piperidine rings is 1. The van der Waals surface area contributed by atoms with E-state index in [-0.39, 0.29) is 11.9 Å². The van der Waals surface area contributed by atoms with Gasteiger partial charge in [0.1, 0.15) is 0 Å². The number of nitrogens with zero attached hydrogens (tertiary/aromatic N) is 1. The number of ether oxygens (including phenoxy) is 1. The molecule has 4 nitrogen and oxygen atoms in total. The lowest BCUT2D eigenvalue weighted by Gasteiger charge is -2.39. The van der Waals surface area contributed by atoms with Crippen molar-refractivity contribution < 1.29 is 14.3 Å². The van der Waals surface area contributed by atoms with Crippen LogP contribution >= 0.6 is 15.9 Å². The number of hydrogen-bond acceptors (Lipinski definition) is 3. The third-order valence-corrected chi connectivity index (χ3v) is 5.53. The van der Waals surface area contributed by atoms with Crippen molar-refractivity contribution in [1.82, 2.24) is 4.90 Å². The summed E-state index contributed by atoms with van der Waals surface area (Å²) in [6.07, 6.45) is 1.95. The van der Waals surface area contributed by atoms with Crippen LogP contribution in [0.15, 0.2) is 53.0 Å². The van der Waals surface area contributed by atoms with Crippen molar-refractivity contribution in [3.8, 4) is 0 Å². The van der Waals surface area contributed by atoms with Gasteiger partial charge >= 0.3 is 5.97 Å². The molecule has 2 aliphatic heterocycles. The van der Waals surface area contributed by atoms with E-state index in [0.717, 1.165) is 28.4 Å². The predicted molar refractivity (Wildman–Crippen MR) is 97.2 cm³/mol. The zero-order valence-corrected chi connectivity index (χ0v) is 15.3. The molecule has 1 spiro atoms. The van der Waals surface area contributed by atoms with Crippen LogP contribution in [0.4, 0.5) is 0 Å². The lowest BCUT2D eigenvalue weighted by atomic mass is 9.85. The summed E-state index contributed by atoms with van der Waals surface area (Å²) >= 11 is 3.41. The normalized spacial score (nSPS) is 22.0. The van der Waals surface area contributed by atoms with E-state index in [1.165, 1.54) is 0 Å². The van der Waals surface area contributed by atoms with E-state index in [2.05, 4.69) is 15.9 Å². The van der Waals surface area contributed by atoms with E-state index < -0.39 is 5.60 Å². The molecule has 0 aliphatic carbocycles. The number of rotatable bonds is 2. The van der Waals surface area contributed by atoms with Gasteiger partial charge in [0.05, 0.1) is 18.5 Å². The van der Waals surface area contributed by atoms with Crippen molar-refractivity contribution in [3.05, 3.63) is 69.7 Å². The summed E-state index contributed by atoms with van der Waals surface area (Å²) in [5.41, 5.74) is 1.85. The minimum atomic E-state index is -0.679. The van der Waals surface area contributed by atoms with Crippen LogP contribution in [0.25, 0.3) is 0 Å². The molecule has 1 unspecified atom stereocenters. The Morgan fingerprint density at radius 2 is 1.92 bits per heavy atom. The molecule has 1 saturated heterocycles. The predicted octanol–water partition coefficient (Wildman–Crippen LogP) is 3.68. The van der Waals surface area contributed by atoms with Crippen LogP contribution in [-0.2, 0) is 21.6 Å². The summed E-state index contributed by atoms with van der Waals surface area (Å²) in [4.78, 5) is 26.8. The molecule has 0 radical (unpaired) electrons. The first-order valence-electron chi connectivity index (χ1n) is 8.42. The molecule has 25 heavy (non-hydrogen) atoms. The van der Waals surface area contributed by atoms with E-state index >= 15 is 0 Å². The van der Waals surface area contributed by atoms with Gasteiger partial charge in [-0.1, -0.05) is 46.3 Å². The highest BCUT2D eigenvalue weighted by atomic mass is 79.9. The molecule has 0 saturated carbocycles. The Labute approximate surface area is 154 Å². The molecule has 0 bridgehead atoms. The lowest BCUT2D eigenvalue weighted by molar-refractivity contribution is -0.138. The fourth-order valence-corrected chi connectivity index (χ4v) is 4.04. The maximum Gasteiger partial charge on any atom is 0.339 e. The summed E-state index contributed by atoms with van der Waals surface area (Å²) in [6.45, 7) is 1.14. The van der Waals surface area contributed by atoms with E-state index in [0.29, 0.717) is 25.1 Å². The average molecular weight is 400 g/mol. The maximum atomic E-state index is 12.8. The molecule has 2 heterocycles. The summed E-state index contributed by atoms with van der Waals surface area (Å²) in [5, 5.41) is 0. The first-order chi connectivity index (χ1) is 12.1. The van der Waals surface area contributed by atoms with Crippen LogP contribution < -0.4 is 0 Å². The fraction of sp³-hybridized carbons (Fsp3) is 0.300. The molecule has 2 aromatic carbocycles. The highest BCUT2D eigenvalue weighted by molar-refractivity contribution is 9.10. The van der Waals surface area contributed by atoms with Gasteiger partial charge in [-0.25, -0.2) is 4.79 Å². The van der Waals surface area contributed by atoms with Crippen molar-refractivity contribution in [2.24, 2.45) is 0 Å². The van der Waals surface area contributed by atoms with Gasteiger partial charge in [-0.3, -0.25) is 4.79 Å². The Morgan fingerprint density at radius 3 is 2.72 bits per heavy atom. The summed E-state index contributed by atoms with van der Waals surface area (Å²) < 4.78 is 6.76. The first kappa shape index (κ1) is 16.3. The number of hydrogen-bond donors (Lipinski definition) is 0. The van der Waals surface area contributed by atoms with E-state index in [1.807, 2.05) is 47.4 Å². The summed E-state index contributed by atoms with van der Waals surface area (Å²) in [7, 11) is 0. The monoisotopic (exact) mass is 399 g/mol. The van der Waals surface area contributed by atoms with Crippen LogP contribution in [0, 0.1) is 0 Å². The summed E-state index contributed by atoms with van der Waals surface area (Å²) in [5.74, 6) is -0.209. The third-order valence-electron chi connectivity index (χ3n) is 5.00. The largest absolute Gasteiger partial charge is 0.449 e. The second kappa shape index (κ2) is 6.30. The molecular weight excluding hydrogens is 382 g/mol. The van der Waals surface area contributed by atoms with E-state index in [4.69, 9.17) is 4.74 Å². The molecule has 2 aliphatic rings. The van der Waals surface area contributed by atoms with Crippen LogP contribution in [0.2, 0.25) is 0 Å². The number of halogens is 1. The van der Waals surface area contributed by atoms with Gasteiger partial charge < -0.3 is 9.64 Å². The SMILES string of the molecule is O=C1OC2(CCCN(C(=O)Cc3ccc(Br)cc3)C2)c2ccccc21. The standard InChI is InChI=1S/C20H18BrNO3/c21-15-8-6-14(7-9-15)12-18(23)22-11-3-10-20(13-22)17-5-2-1-4-16(17)19(24)25-20/h1-2,4-9H,3,10-13H2.